The molecule has 0 saturated heterocycles. The summed E-state index contributed by atoms with van der Waals surface area (Å²) < 4.78 is 26.5. The SMILES string of the molecule is COc1ccc(CCNc2nc(-c3ccc(OC)c(OC)c3)no2)c(OC)c1. The Balaban J connectivity index is 1.64. The monoisotopic (exact) mass is 385 g/mol. The van der Waals surface area contributed by atoms with E-state index < -0.39 is 0 Å². The standard InChI is InChI=1S/C20H23N3O5/c1-24-15-7-5-13(17(12-15)26-3)9-10-21-20-22-19(23-28-20)14-6-8-16(25-2)18(11-14)27-4/h5-8,11-12H,9-10H2,1-4H3,(H,21,22,23). The Morgan fingerprint density at radius 2 is 1.64 bits per heavy atom. The summed E-state index contributed by atoms with van der Waals surface area (Å²) in [6, 6.07) is 11.5. The maximum Gasteiger partial charge on any atom is 0.321 e. The van der Waals surface area contributed by atoms with Crippen LogP contribution in [-0.4, -0.2) is 45.1 Å². The highest BCUT2D eigenvalue weighted by Gasteiger charge is 2.12. The Bertz CT molecular complexity index is 926. The number of ether oxygens (including phenoxy) is 4. The van der Waals surface area contributed by atoms with Crippen molar-refractivity contribution in [3.8, 4) is 34.4 Å². The zero-order valence-corrected chi connectivity index (χ0v) is 16.3. The molecule has 3 rings (SSSR count). The van der Waals surface area contributed by atoms with Gasteiger partial charge < -0.3 is 28.8 Å². The van der Waals surface area contributed by atoms with Crippen molar-refractivity contribution in [2.24, 2.45) is 0 Å². The van der Waals surface area contributed by atoms with Crippen molar-refractivity contribution in [1.82, 2.24) is 10.1 Å². The molecule has 8 heteroatoms. The van der Waals surface area contributed by atoms with Crippen molar-refractivity contribution in [2.45, 2.75) is 6.42 Å². The van der Waals surface area contributed by atoms with E-state index in [2.05, 4.69) is 15.5 Å². The summed E-state index contributed by atoms with van der Waals surface area (Å²) in [6.45, 7) is 0.607. The van der Waals surface area contributed by atoms with Crippen LogP contribution in [0.1, 0.15) is 5.56 Å². The molecule has 0 unspecified atom stereocenters. The first kappa shape index (κ1) is 19.3. The summed E-state index contributed by atoms with van der Waals surface area (Å²) in [6.07, 6.45) is 0.723. The van der Waals surface area contributed by atoms with Crippen molar-refractivity contribution in [3.63, 3.8) is 0 Å². The molecule has 3 aromatic rings. The van der Waals surface area contributed by atoms with Gasteiger partial charge >= 0.3 is 6.01 Å². The van der Waals surface area contributed by atoms with Gasteiger partial charge in [-0.15, -0.1) is 0 Å². The average molecular weight is 385 g/mol. The molecule has 148 valence electrons. The number of benzene rings is 2. The zero-order valence-electron chi connectivity index (χ0n) is 16.3. The van der Waals surface area contributed by atoms with Crippen LogP contribution in [0, 0.1) is 0 Å². The van der Waals surface area contributed by atoms with E-state index in [-0.39, 0.29) is 0 Å². The van der Waals surface area contributed by atoms with Crippen LogP contribution in [0.25, 0.3) is 11.4 Å². The van der Waals surface area contributed by atoms with E-state index in [1.54, 1.807) is 40.6 Å². The van der Waals surface area contributed by atoms with Crippen molar-refractivity contribution < 1.29 is 23.5 Å². The first-order chi connectivity index (χ1) is 13.7. The third-order valence-electron chi connectivity index (χ3n) is 4.23. The van der Waals surface area contributed by atoms with Crippen LogP contribution < -0.4 is 24.3 Å². The molecule has 28 heavy (non-hydrogen) atoms. The molecule has 0 fully saturated rings. The second-order valence-corrected chi connectivity index (χ2v) is 5.85. The number of hydrogen-bond donors (Lipinski definition) is 1. The van der Waals surface area contributed by atoms with Gasteiger partial charge in [-0.1, -0.05) is 11.2 Å². The highest BCUT2D eigenvalue weighted by molar-refractivity contribution is 5.61. The maximum absolute atomic E-state index is 5.41. The Kier molecular flexibility index (Phi) is 6.21. The van der Waals surface area contributed by atoms with Crippen molar-refractivity contribution in [1.29, 1.82) is 0 Å². The Labute approximate surface area is 163 Å². The largest absolute Gasteiger partial charge is 0.497 e. The summed E-state index contributed by atoms with van der Waals surface area (Å²) >= 11 is 0. The van der Waals surface area contributed by atoms with E-state index in [0.29, 0.717) is 29.9 Å². The molecule has 8 nitrogen and oxygen atoms in total. The highest BCUT2D eigenvalue weighted by Crippen LogP contribution is 2.31. The molecule has 1 aromatic heterocycles. The van der Waals surface area contributed by atoms with Crippen LogP contribution in [0.15, 0.2) is 40.9 Å². The lowest BCUT2D eigenvalue weighted by molar-refractivity contribution is 0.355. The number of aromatic nitrogens is 2. The Hall–Kier alpha value is -3.42. The maximum atomic E-state index is 5.41. The van der Waals surface area contributed by atoms with Gasteiger partial charge in [-0.3, -0.25) is 0 Å². The minimum Gasteiger partial charge on any atom is -0.497 e. The number of rotatable bonds is 9. The summed E-state index contributed by atoms with van der Waals surface area (Å²) in [5.41, 5.74) is 1.82. The third kappa shape index (κ3) is 4.28. The van der Waals surface area contributed by atoms with E-state index >= 15 is 0 Å². The van der Waals surface area contributed by atoms with Crippen LogP contribution in [0.2, 0.25) is 0 Å². The second-order valence-electron chi connectivity index (χ2n) is 5.85. The lowest BCUT2D eigenvalue weighted by atomic mass is 10.1. The molecule has 1 heterocycles. The molecule has 0 spiro atoms. The van der Waals surface area contributed by atoms with Gasteiger partial charge in [-0.2, -0.15) is 4.98 Å². The normalized spacial score (nSPS) is 10.4. The summed E-state index contributed by atoms with van der Waals surface area (Å²) in [4.78, 5) is 4.38. The molecular formula is C20H23N3O5. The predicted octanol–water partition coefficient (Wildman–Crippen LogP) is 3.43. The Morgan fingerprint density at radius 1 is 0.857 bits per heavy atom. The number of nitrogens with zero attached hydrogens (tertiary/aromatic N) is 2. The number of nitrogens with one attached hydrogen (secondary N) is 1. The van der Waals surface area contributed by atoms with Gasteiger partial charge in [0.05, 0.1) is 28.4 Å². The molecule has 2 aromatic carbocycles. The summed E-state index contributed by atoms with van der Waals surface area (Å²) in [5, 5.41) is 7.14. The second kappa shape index (κ2) is 8.98. The predicted molar refractivity (Wildman–Crippen MR) is 105 cm³/mol. The first-order valence-corrected chi connectivity index (χ1v) is 8.69. The number of methoxy groups -OCH3 is 4. The van der Waals surface area contributed by atoms with Crippen LogP contribution >= 0.6 is 0 Å². The van der Waals surface area contributed by atoms with Gasteiger partial charge in [0, 0.05) is 18.2 Å². The third-order valence-corrected chi connectivity index (χ3v) is 4.23. The van der Waals surface area contributed by atoms with Gasteiger partial charge in [0.15, 0.2) is 11.5 Å². The highest BCUT2D eigenvalue weighted by atomic mass is 16.5. The van der Waals surface area contributed by atoms with E-state index in [1.807, 2.05) is 24.3 Å². The van der Waals surface area contributed by atoms with E-state index in [1.165, 1.54) is 0 Å². The topological polar surface area (TPSA) is 87.9 Å². The molecule has 1 N–H and O–H groups in total. The lowest BCUT2D eigenvalue weighted by Crippen LogP contribution is -2.06. The van der Waals surface area contributed by atoms with Crippen LogP contribution in [0.3, 0.4) is 0 Å². The Morgan fingerprint density at radius 3 is 2.36 bits per heavy atom. The van der Waals surface area contributed by atoms with Crippen LogP contribution in [0.4, 0.5) is 6.01 Å². The smallest absolute Gasteiger partial charge is 0.321 e. The van der Waals surface area contributed by atoms with Crippen molar-refractivity contribution >= 4 is 6.01 Å². The number of anilines is 1. The zero-order chi connectivity index (χ0) is 19.9. The van der Waals surface area contributed by atoms with Crippen LogP contribution in [0.5, 0.6) is 23.0 Å². The average Bonchev–Trinajstić information content (AvgIpc) is 3.22. The van der Waals surface area contributed by atoms with Crippen molar-refractivity contribution in [2.75, 3.05) is 40.3 Å². The molecule has 0 bridgehead atoms. The molecule has 0 aliphatic heterocycles. The van der Waals surface area contributed by atoms with Gasteiger partial charge in [0.2, 0.25) is 5.82 Å². The van der Waals surface area contributed by atoms with Gasteiger partial charge in [-0.25, -0.2) is 0 Å². The van der Waals surface area contributed by atoms with Gasteiger partial charge in [0.1, 0.15) is 11.5 Å². The van der Waals surface area contributed by atoms with E-state index in [0.717, 1.165) is 29.0 Å². The van der Waals surface area contributed by atoms with E-state index in [4.69, 9.17) is 23.5 Å². The molecule has 0 saturated carbocycles. The fourth-order valence-corrected chi connectivity index (χ4v) is 2.75. The molecule has 0 radical (unpaired) electrons. The molecule has 0 amide bonds. The first-order valence-electron chi connectivity index (χ1n) is 8.69. The van der Waals surface area contributed by atoms with Gasteiger partial charge in [0.25, 0.3) is 0 Å². The molecular weight excluding hydrogens is 362 g/mol. The minimum absolute atomic E-state index is 0.345. The van der Waals surface area contributed by atoms with E-state index in [9.17, 15) is 0 Å². The molecule has 0 aliphatic carbocycles. The number of hydrogen-bond acceptors (Lipinski definition) is 8. The fraction of sp³-hybridized carbons (Fsp3) is 0.300. The fourth-order valence-electron chi connectivity index (χ4n) is 2.75. The summed E-state index contributed by atoms with van der Waals surface area (Å²) in [7, 11) is 6.44. The van der Waals surface area contributed by atoms with Crippen LogP contribution in [-0.2, 0) is 6.42 Å². The van der Waals surface area contributed by atoms with Crippen molar-refractivity contribution in [3.05, 3.63) is 42.0 Å². The minimum atomic E-state index is 0.345. The molecule has 0 aliphatic rings. The lowest BCUT2D eigenvalue weighted by Gasteiger charge is -2.10. The summed E-state index contributed by atoms with van der Waals surface area (Å²) in [5.74, 6) is 3.24. The quantitative estimate of drug-likeness (QED) is 0.599. The van der Waals surface area contributed by atoms with Gasteiger partial charge in [-0.05, 0) is 36.2 Å². The molecule has 0 atom stereocenters.